The van der Waals surface area contributed by atoms with Gasteiger partial charge in [-0.05, 0) is 37.1 Å². The molecule has 0 radical (unpaired) electrons. The minimum Gasteiger partial charge on any atom is -0.462 e. The summed E-state index contributed by atoms with van der Waals surface area (Å²) >= 11 is 0. The third-order valence-electron chi connectivity index (χ3n) is 2.98. The van der Waals surface area contributed by atoms with E-state index in [4.69, 9.17) is 4.74 Å². The topological polar surface area (TPSA) is 56.3 Å². The van der Waals surface area contributed by atoms with Gasteiger partial charge in [0.1, 0.15) is 5.57 Å². The van der Waals surface area contributed by atoms with Crippen LogP contribution in [0.15, 0.2) is 54.4 Å². The van der Waals surface area contributed by atoms with E-state index in [-0.39, 0.29) is 18.0 Å². The Morgan fingerprint density at radius 1 is 1.18 bits per heavy atom. The van der Waals surface area contributed by atoms with Crippen LogP contribution < -0.4 is 0 Å². The van der Waals surface area contributed by atoms with Gasteiger partial charge in [-0.15, -0.1) is 0 Å². The van der Waals surface area contributed by atoms with Gasteiger partial charge in [0.15, 0.2) is 5.78 Å². The monoisotopic (exact) mass is 295 g/mol. The van der Waals surface area contributed by atoms with Crippen molar-refractivity contribution in [2.24, 2.45) is 0 Å². The summed E-state index contributed by atoms with van der Waals surface area (Å²) < 4.78 is 5.00. The van der Waals surface area contributed by atoms with Crippen molar-refractivity contribution < 1.29 is 14.3 Å². The van der Waals surface area contributed by atoms with Crippen molar-refractivity contribution in [3.8, 4) is 0 Å². The first-order chi connectivity index (χ1) is 10.6. The molecule has 1 aromatic carbocycles. The summed E-state index contributed by atoms with van der Waals surface area (Å²) in [5, 5.41) is 0. The third kappa shape index (κ3) is 3.88. The predicted octanol–water partition coefficient (Wildman–Crippen LogP) is 3.22. The molecule has 0 unspecified atom stereocenters. The molecule has 4 heteroatoms. The van der Waals surface area contributed by atoms with E-state index in [0.29, 0.717) is 11.1 Å². The number of benzene rings is 1. The highest BCUT2D eigenvalue weighted by atomic mass is 16.5. The molecule has 0 saturated heterocycles. The van der Waals surface area contributed by atoms with E-state index in [9.17, 15) is 9.59 Å². The van der Waals surface area contributed by atoms with Crippen LogP contribution in [0.3, 0.4) is 0 Å². The van der Waals surface area contributed by atoms with Gasteiger partial charge in [-0.25, -0.2) is 4.79 Å². The maximum atomic E-state index is 12.6. The molecule has 0 spiro atoms. The summed E-state index contributed by atoms with van der Waals surface area (Å²) in [6, 6.07) is 10.5. The average Bonchev–Trinajstić information content (AvgIpc) is 2.53. The Morgan fingerprint density at radius 2 is 1.91 bits per heavy atom. The van der Waals surface area contributed by atoms with Crippen LogP contribution in [0.1, 0.15) is 28.4 Å². The van der Waals surface area contributed by atoms with E-state index in [1.807, 2.05) is 19.1 Å². The molecule has 4 nitrogen and oxygen atoms in total. The highest BCUT2D eigenvalue weighted by molar-refractivity contribution is 6.26. The molecule has 112 valence electrons. The summed E-state index contributed by atoms with van der Waals surface area (Å²) in [5.41, 5.74) is 2.08. The molecule has 0 bridgehead atoms. The lowest BCUT2D eigenvalue weighted by Gasteiger charge is -2.07. The highest BCUT2D eigenvalue weighted by Gasteiger charge is 2.21. The van der Waals surface area contributed by atoms with Crippen molar-refractivity contribution in [2.75, 3.05) is 6.61 Å². The first kappa shape index (κ1) is 15.6. The van der Waals surface area contributed by atoms with Crippen molar-refractivity contribution in [3.05, 3.63) is 71.1 Å². The van der Waals surface area contributed by atoms with Gasteiger partial charge in [-0.3, -0.25) is 9.78 Å². The lowest BCUT2D eigenvalue weighted by atomic mass is 10.0. The van der Waals surface area contributed by atoms with E-state index in [2.05, 4.69) is 4.98 Å². The fraction of sp³-hybridized carbons (Fsp3) is 0.167. The quantitative estimate of drug-likeness (QED) is 0.279. The Balaban J connectivity index is 2.43. The smallest absolute Gasteiger partial charge is 0.342 e. The number of ketones is 1. The largest absolute Gasteiger partial charge is 0.462 e. The van der Waals surface area contributed by atoms with Crippen molar-refractivity contribution in [3.63, 3.8) is 0 Å². The number of carbonyl (C=O) groups excluding carboxylic acids is 2. The summed E-state index contributed by atoms with van der Waals surface area (Å²) in [6.07, 6.45) is 4.83. The van der Waals surface area contributed by atoms with Crippen LogP contribution in [-0.2, 0) is 9.53 Å². The van der Waals surface area contributed by atoms with E-state index >= 15 is 0 Å². The number of Topliss-reactive ketones (excluding diaryl/α,β-unsaturated/α-hetero) is 1. The second-order valence-electron chi connectivity index (χ2n) is 4.77. The van der Waals surface area contributed by atoms with Crippen molar-refractivity contribution in [2.45, 2.75) is 13.8 Å². The van der Waals surface area contributed by atoms with Crippen LogP contribution in [0, 0.1) is 6.92 Å². The zero-order chi connectivity index (χ0) is 15.9. The zero-order valence-corrected chi connectivity index (χ0v) is 12.6. The molecule has 1 aromatic heterocycles. The molecular formula is C18H17NO3. The molecule has 0 fully saturated rings. The van der Waals surface area contributed by atoms with Gasteiger partial charge in [0.05, 0.1) is 6.61 Å². The van der Waals surface area contributed by atoms with Crippen LogP contribution in [-0.4, -0.2) is 23.3 Å². The number of rotatable bonds is 5. The number of esters is 1. The molecule has 0 aliphatic rings. The van der Waals surface area contributed by atoms with Crippen molar-refractivity contribution in [1.82, 2.24) is 4.98 Å². The highest BCUT2D eigenvalue weighted by Crippen LogP contribution is 2.15. The van der Waals surface area contributed by atoms with Gasteiger partial charge in [-0.1, -0.05) is 30.3 Å². The Morgan fingerprint density at radius 3 is 2.55 bits per heavy atom. The third-order valence-corrected chi connectivity index (χ3v) is 2.98. The van der Waals surface area contributed by atoms with Crippen LogP contribution in [0.5, 0.6) is 0 Å². The number of pyridine rings is 1. The molecule has 1 heterocycles. The Bertz CT molecular complexity index is 705. The maximum Gasteiger partial charge on any atom is 0.342 e. The summed E-state index contributed by atoms with van der Waals surface area (Å²) in [7, 11) is 0. The van der Waals surface area contributed by atoms with Crippen molar-refractivity contribution >= 4 is 17.8 Å². The van der Waals surface area contributed by atoms with Crippen LogP contribution in [0.4, 0.5) is 0 Å². The summed E-state index contributed by atoms with van der Waals surface area (Å²) in [6.45, 7) is 3.81. The number of hydrogen-bond donors (Lipinski definition) is 0. The second kappa shape index (κ2) is 7.31. The van der Waals surface area contributed by atoms with Crippen LogP contribution in [0.25, 0.3) is 6.08 Å². The molecule has 0 aliphatic heterocycles. The molecule has 0 aliphatic carbocycles. The fourth-order valence-corrected chi connectivity index (χ4v) is 1.99. The standard InChI is InChI=1S/C18H17NO3/c1-3-22-18(21)16(10-14-9-13(2)11-19-12-14)17(20)15-7-5-4-6-8-15/h4-12H,3H2,1-2H3. The SMILES string of the molecule is CCOC(=O)C(=Cc1cncc(C)c1)C(=O)c1ccccc1. The van der Waals surface area contributed by atoms with E-state index in [1.165, 1.54) is 6.08 Å². The Kier molecular flexibility index (Phi) is 5.20. The van der Waals surface area contributed by atoms with Gasteiger partial charge in [0, 0.05) is 18.0 Å². The summed E-state index contributed by atoms with van der Waals surface area (Å²) in [4.78, 5) is 28.7. The minimum absolute atomic E-state index is 0.000417. The van der Waals surface area contributed by atoms with E-state index in [0.717, 1.165) is 5.56 Å². The lowest BCUT2D eigenvalue weighted by molar-refractivity contribution is -0.137. The van der Waals surface area contributed by atoms with Gasteiger partial charge in [-0.2, -0.15) is 0 Å². The molecule has 2 aromatic rings. The van der Waals surface area contributed by atoms with Gasteiger partial charge >= 0.3 is 5.97 Å². The van der Waals surface area contributed by atoms with E-state index < -0.39 is 5.97 Å². The molecule has 0 saturated carbocycles. The van der Waals surface area contributed by atoms with E-state index in [1.54, 1.807) is 43.6 Å². The van der Waals surface area contributed by atoms with Crippen LogP contribution in [0.2, 0.25) is 0 Å². The number of nitrogens with zero attached hydrogens (tertiary/aromatic N) is 1. The fourth-order valence-electron chi connectivity index (χ4n) is 1.99. The number of aromatic nitrogens is 1. The van der Waals surface area contributed by atoms with Gasteiger partial charge in [0.2, 0.25) is 0 Å². The normalized spacial score (nSPS) is 11.1. The van der Waals surface area contributed by atoms with Crippen molar-refractivity contribution in [1.29, 1.82) is 0 Å². The molecular weight excluding hydrogens is 278 g/mol. The number of aryl methyl sites for hydroxylation is 1. The zero-order valence-electron chi connectivity index (χ0n) is 12.6. The molecule has 0 N–H and O–H groups in total. The number of carbonyl (C=O) groups is 2. The van der Waals surface area contributed by atoms with Gasteiger partial charge in [0.25, 0.3) is 0 Å². The lowest BCUT2D eigenvalue weighted by Crippen LogP contribution is -2.16. The first-order valence-corrected chi connectivity index (χ1v) is 7.02. The molecule has 0 amide bonds. The predicted molar refractivity (Wildman–Crippen MR) is 84.4 cm³/mol. The second-order valence-corrected chi connectivity index (χ2v) is 4.77. The molecule has 2 rings (SSSR count). The number of hydrogen-bond acceptors (Lipinski definition) is 4. The molecule has 0 atom stereocenters. The van der Waals surface area contributed by atoms with Gasteiger partial charge < -0.3 is 4.74 Å². The minimum atomic E-state index is -0.627. The first-order valence-electron chi connectivity index (χ1n) is 7.02. The average molecular weight is 295 g/mol. The maximum absolute atomic E-state index is 12.6. The Labute approximate surface area is 129 Å². The Hall–Kier alpha value is -2.75. The number of ether oxygens (including phenoxy) is 1. The summed E-state index contributed by atoms with van der Waals surface area (Å²) in [5.74, 6) is -0.988. The molecule has 22 heavy (non-hydrogen) atoms. The van der Waals surface area contributed by atoms with Crippen LogP contribution >= 0.6 is 0 Å².